The molecule has 0 unspecified atom stereocenters. The molecule has 12 heteroatoms. The standard InChI is InChI=1S/C20H29F3N4O4P/c1-3-30-32(29,31-4-2)14-11-18(25-26-24)19(28)27-12-9-16(10-13-27)15-5-7-17(8-6-15)20(21,22)23/h5-8,16,18,24H,3-4,9-14H2,1-2H3/q+1/t18-/m0/s1. The first-order valence-electron chi connectivity index (χ1n) is 10.5. The van der Waals surface area contributed by atoms with Crippen molar-refractivity contribution in [1.82, 2.24) is 9.81 Å². The Balaban J connectivity index is 1.97. The Morgan fingerprint density at radius 2 is 1.78 bits per heavy atom. The molecule has 0 aliphatic carbocycles. The molecule has 0 spiro atoms. The van der Waals surface area contributed by atoms with Crippen LogP contribution in [0.25, 0.3) is 0 Å². The molecule has 0 bridgehead atoms. The van der Waals surface area contributed by atoms with E-state index in [-0.39, 0.29) is 37.6 Å². The highest BCUT2D eigenvalue weighted by Crippen LogP contribution is 2.48. The van der Waals surface area contributed by atoms with Crippen LogP contribution in [0.2, 0.25) is 0 Å². The van der Waals surface area contributed by atoms with Gasteiger partial charge in [-0.3, -0.25) is 9.36 Å². The molecule has 32 heavy (non-hydrogen) atoms. The summed E-state index contributed by atoms with van der Waals surface area (Å²) in [5, 5.41) is 3.69. The number of nitrogens with one attached hydrogen (secondary N) is 1. The number of nitrogens with zero attached hydrogens (tertiary/aromatic N) is 3. The normalized spacial score (nSPS) is 16.5. The molecule has 1 heterocycles. The molecule has 178 valence electrons. The van der Waals surface area contributed by atoms with E-state index in [0.717, 1.165) is 17.7 Å². The number of hydrogen-bond donors (Lipinski definition) is 1. The lowest BCUT2D eigenvalue weighted by Gasteiger charge is -2.33. The van der Waals surface area contributed by atoms with Crippen LogP contribution in [0.15, 0.2) is 29.4 Å². The number of piperidine rings is 1. The van der Waals surface area contributed by atoms with Gasteiger partial charge in [0, 0.05) is 13.1 Å². The molecule has 1 N–H and O–H groups in total. The number of amides is 1. The van der Waals surface area contributed by atoms with E-state index in [1.165, 1.54) is 12.1 Å². The molecule has 1 aromatic carbocycles. The molecule has 1 aliphatic rings. The zero-order valence-corrected chi connectivity index (χ0v) is 19.1. The van der Waals surface area contributed by atoms with Gasteiger partial charge in [-0.15, -0.1) is 0 Å². The molecular formula is C20H29F3N4O4P+. The lowest BCUT2D eigenvalue weighted by Crippen LogP contribution is -2.43. The maximum absolute atomic E-state index is 12.9. The van der Waals surface area contributed by atoms with E-state index in [0.29, 0.717) is 25.9 Å². The first-order valence-corrected chi connectivity index (χ1v) is 12.3. The first-order chi connectivity index (χ1) is 15.1. The Morgan fingerprint density at radius 1 is 1.22 bits per heavy atom. The third-order valence-electron chi connectivity index (χ3n) is 5.33. The largest absolute Gasteiger partial charge is 0.416 e. The minimum atomic E-state index is -4.37. The van der Waals surface area contributed by atoms with E-state index >= 15 is 0 Å². The van der Waals surface area contributed by atoms with E-state index in [1.807, 2.05) is 0 Å². The second-order valence-corrected chi connectivity index (χ2v) is 9.59. The number of halogens is 3. The molecule has 0 radical (unpaired) electrons. The Labute approximate surface area is 185 Å². The summed E-state index contributed by atoms with van der Waals surface area (Å²) in [7, 11) is -3.36. The predicted octanol–water partition coefficient (Wildman–Crippen LogP) is 4.99. The van der Waals surface area contributed by atoms with Gasteiger partial charge in [0.1, 0.15) is 10.6 Å². The molecule has 1 aromatic rings. The van der Waals surface area contributed by atoms with Crippen molar-refractivity contribution < 1.29 is 31.6 Å². The lowest BCUT2D eigenvalue weighted by molar-refractivity contribution is -0.137. The van der Waals surface area contributed by atoms with E-state index in [1.54, 1.807) is 18.7 Å². The smallest absolute Gasteiger partial charge is 0.341 e. The molecule has 1 aliphatic heterocycles. The van der Waals surface area contributed by atoms with Crippen molar-refractivity contribution in [3.05, 3.63) is 35.4 Å². The molecule has 1 saturated heterocycles. The van der Waals surface area contributed by atoms with E-state index in [2.05, 4.69) is 10.0 Å². The number of likely N-dealkylation sites (tertiary alicyclic amines) is 1. The average Bonchev–Trinajstić information content (AvgIpc) is 2.76. The summed E-state index contributed by atoms with van der Waals surface area (Å²) in [6, 6.07) is 4.16. The number of alkyl halides is 3. The lowest BCUT2D eigenvalue weighted by atomic mass is 9.88. The van der Waals surface area contributed by atoms with Gasteiger partial charge in [0.15, 0.2) is 0 Å². The van der Waals surface area contributed by atoms with Gasteiger partial charge in [0.05, 0.1) is 24.9 Å². The fourth-order valence-corrected chi connectivity index (χ4v) is 5.41. The summed E-state index contributed by atoms with van der Waals surface area (Å²) in [6.45, 7) is 4.60. The zero-order chi connectivity index (χ0) is 23.8. The predicted molar refractivity (Wildman–Crippen MR) is 111 cm³/mol. The molecule has 1 fully saturated rings. The topological polar surface area (TPSA) is 106 Å². The zero-order valence-electron chi connectivity index (χ0n) is 18.2. The van der Waals surface area contributed by atoms with Crippen LogP contribution in [0.1, 0.15) is 50.2 Å². The van der Waals surface area contributed by atoms with Crippen LogP contribution >= 0.6 is 7.60 Å². The molecule has 0 aromatic heterocycles. The molecule has 8 nitrogen and oxygen atoms in total. The Hall–Kier alpha value is -2.06. The van der Waals surface area contributed by atoms with Crippen molar-refractivity contribution in [3.8, 4) is 0 Å². The molecule has 1 amide bonds. The van der Waals surface area contributed by atoms with E-state index in [4.69, 9.17) is 14.6 Å². The highest BCUT2D eigenvalue weighted by molar-refractivity contribution is 7.53. The van der Waals surface area contributed by atoms with Gasteiger partial charge in [-0.2, -0.15) is 13.2 Å². The second kappa shape index (κ2) is 11.7. The maximum Gasteiger partial charge on any atom is 0.416 e. The average molecular weight is 477 g/mol. The van der Waals surface area contributed by atoms with E-state index in [9.17, 15) is 22.5 Å². The van der Waals surface area contributed by atoms with Gasteiger partial charge in [0.25, 0.3) is 5.91 Å². The number of benzene rings is 1. The van der Waals surface area contributed by atoms with Gasteiger partial charge in [-0.05, 0) is 56.7 Å². The Kier molecular flexibility index (Phi) is 9.58. The minimum Gasteiger partial charge on any atom is -0.341 e. The number of carbonyl (C=O) groups excluding carboxylic acids is 1. The highest BCUT2D eigenvalue weighted by atomic mass is 31.2. The second-order valence-electron chi connectivity index (χ2n) is 7.41. The van der Waals surface area contributed by atoms with Crippen molar-refractivity contribution in [2.24, 2.45) is 5.11 Å². The van der Waals surface area contributed by atoms with Gasteiger partial charge >= 0.3 is 13.8 Å². The van der Waals surface area contributed by atoms with Crippen LogP contribution in [0.3, 0.4) is 0 Å². The Bertz CT molecular complexity index is 841. The van der Waals surface area contributed by atoms with Crippen LogP contribution in [0, 0.1) is 5.53 Å². The fraction of sp³-hybridized carbons (Fsp3) is 0.650. The monoisotopic (exact) mass is 477 g/mol. The van der Waals surface area contributed by atoms with Crippen LogP contribution in [0.4, 0.5) is 13.2 Å². The van der Waals surface area contributed by atoms with Crippen LogP contribution in [0.5, 0.6) is 0 Å². The van der Waals surface area contributed by atoms with Crippen molar-refractivity contribution >= 4 is 13.5 Å². The molecular weight excluding hydrogens is 448 g/mol. The summed E-state index contributed by atoms with van der Waals surface area (Å²) in [5.41, 5.74) is 7.14. The molecule has 2 rings (SSSR count). The van der Waals surface area contributed by atoms with Crippen LogP contribution < -0.4 is 4.91 Å². The minimum absolute atomic E-state index is 0.0217. The van der Waals surface area contributed by atoms with Crippen LogP contribution in [-0.4, -0.2) is 49.3 Å². The fourth-order valence-electron chi connectivity index (χ4n) is 3.73. The summed E-state index contributed by atoms with van der Waals surface area (Å²) in [4.78, 5) is 17.5. The van der Waals surface area contributed by atoms with Crippen molar-refractivity contribution in [2.45, 2.75) is 51.2 Å². The number of carbonyl (C=O) groups is 1. The van der Waals surface area contributed by atoms with Gasteiger partial charge in [-0.25, -0.2) is 0 Å². The van der Waals surface area contributed by atoms with Crippen molar-refractivity contribution in [2.75, 3.05) is 32.5 Å². The first kappa shape index (κ1) is 26.2. The van der Waals surface area contributed by atoms with Gasteiger partial charge in [-0.1, -0.05) is 12.1 Å². The number of rotatable bonds is 10. The van der Waals surface area contributed by atoms with Crippen molar-refractivity contribution in [1.29, 1.82) is 5.53 Å². The summed E-state index contributed by atoms with van der Waals surface area (Å²) >= 11 is 0. The third kappa shape index (κ3) is 7.24. The van der Waals surface area contributed by atoms with Gasteiger partial charge < -0.3 is 13.9 Å². The SMILES string of the molecule is CCOP(=O)(CC[C@H](N=[N+]=N)C(=O)N1CCC(c2ccc(C(F)(F)F)cc2)CC1)OCC. The summed E-state index contributed by atoms with van der Waals surface area (Å²) < 4.78 is 61.4. The van der Waals surface area contributed by atoms with Gasteiger partial charge in [0.2, 0.25) is 11.0 Å². The van der Waals surface area contributed by atoms with E-state index < -0.39 is 25.4 Å². The van der Waals surface area contributed by atoms with Crippen LogP contribution in [-0.2, 0) is 24.6 Å². The maximum atomic E-state index is 12.9. The Morgan fingerprint density at radius 3 is 2.25 bits per heavy atom. The summed E-state index contributed by atoms with van der Waals surface area (Å²) in [5.74, 6) is -0.278. The highest BCUT2D eigenvalue weighted by Gasteiger charge is 2.35. The van der Waals surface area contributed by atoms with Crippen molar-refractivity contribution in [3.63, 3.8) is 0 Å². The summed E-state index contributed by atoms with van der Waals surface area (Å²) in [6.07, 6.45) is -3.13. The number of hydrogen-bond acceptors (Lipinski definition) is 6. The molecule has 0 saturated carbocycles. The third-order valence-corrected chi connectivity index (χ3v) is 7.44. The quantitative estimate of drug-likeness (QED) is 0.291. The molecule has 1 atom stereocenters.